The molecule has 0 unspecified atom stereocenters. The summed E-state index contributed by atoms with van der Waals surface area (Å²) in [6.45, 7) is 0.413. The fourth-order valence-corrected chi connectivity index (χ4v) is 4.71. The van der Waals surface area contributed by atoms with Crippen molar-refractivity contribution in [1.29, 1.82) is 0 Å². The van der Waals surface area contributed by atoms with Crippen molar-refractivity contribution in [3.63, 3.8) is 0 Å². The quantitative estimate of drug-likeness (QED) is 0.395. The number of nitrogens with one attached hydrogen (secondary N) is 1. The minimum atomic E-state index is -0.0492. The van der Waals surface area contributed by atoms with Gasteiger partial charge in [0, 0.05) is 28.0 Å². The van der Waals surface area contributed by atoms with Crippen molar-refractivity contribution in [3.05, 3.63) is 81.7 Å². The van der Waals surface area contributed by atoms with Crippen molar-refractivity contribution in [1.82, 2.24) is 19.7 Å². The number of carbonyl (C=O) groups excluding carboxylic acids is 1. The fourth-order valence-electron chi connectivity index (χ4n) is 2.65. The molecule has 1 N–H and O–H groups in total. The Kier molecular flexibility index (Phi) is 6.09. The molecule has 0 radical (unpaired) electrons. The summed E-state index contributed by atoms with van der Waals surface area (Å²) in [5, 5.41) is 4.87. The third-order valence-corrected chi connectivity index (χ3v) is 6.70. The SMILES string of the molecule is O=C(Cc1csc(SCc2ccc(Br)cc2)n1)NCc1cn2ccccc2n1. The van der Waals surface area contributed by atoms with E-state index in [4.69, 9.17) is 0 Å². The standard InChI is InChI=1S/C20H17BrN4OS2/c21-15-6-4-14(5-7-15)12-27-20-24-16(13-28-20)9-19(26)22-10-17-11-25-8-2-1-3-18(25)23-17/h1-8,11,13H,9-10,12H2,(H,22,26). The number of rotatable bonds is 7. The average molecular weight is 473 g/mol. The maximum atomic E-state index is 12.2. The minimum absolute atomic E-state index is 0.0492. The van der Waals surface area contributed by atoms with E-state index >= 15 is 0 Å². The Morgan fingerprint density at radius 3 is 2.82 bits per heavy atom. The van der Waals surface area contributed by atoms with E-state index in [1.54, 1.807) is 23.1 Å². The van der Waals surface area contributed by atoms with Crippen molar-refractivity contribution in [3.8, 4) is 0 Å². The van der Waals surface area contributed by atoms with Gasteiger partial charge in [-0.05, 0) is 29.8 Å². The molecule has 3 aromatic heterocycles. The van der Waals surface area contributed by atoms with Crippen LogP contribution in [0.25, 0.3) is 5.65 Å². The number of hydrogen-bond donors (Lipinski definition) is 1. The zero-order valence-electron chi connectivity index (χ0n) is 14.8. The molecule has 0 atom stereocenters. The largest absolute Gasteiger partial charge is 0.350 e. The van der Waals surface area contributed by atoms with E-state index in [2.05, 4.69) is 43.3 Å². The fraction of sp³-hybridized carbons (Fsp3) is 0.150. The molecule has 1 amide bonds. The number of nitrogens with zero attached hydrogens (tertiary/aromatic N) is 3. The maximum Gasteiger partial charge on any atom is 0.226 e. The highest BCUT2D eigenvalue weighted by atomic mass is 79.9. The molecule has 4 rings (SSSR count). The van der Waals surface area contributed by atoms with Crippen LogP contribution in [0.4, 0.5) is 0 Å². The van der Waals surface area contributed by atoms with Gasteiger partial charge in [-0.15, -0.1) is 11.3 Å². The van der Waals surface area contributed by atoms with E-state index in [0.717, 1.165) is 31.6 Å². The summed E-state index contributed by atoms with van der Waals surface area (Å²) in [4.78, 5) is 21.3. The molecule has 8 heteroatoms. The van der Waals surface area contributed by atoms with Gasteiger partial charge in [0.2, 0.25) is 5.91 Å². The highest BCUT2D eigenvalue weighted by molar-refractivity contribution is 9.10. The topological polar surface area (TPSA) is 59.3 Å². The van der Waals surface area contributed by atoms with Gasteiger partial charge in [0.15, 0.2) is 0 Å². The number of benzene rings is 1. The second-order valence-electron chi connectivity index (χ2n) is 6.17. The summed E-state index contributed by atoms with van der Waals surface area (Å²) in [6, 6.07) is 14.1. The van der Waals surface area contributed by atoms with Gasteiger partial charge in [0.25, 0.3) is 0 Å². The second-order valence-corrected chi connectivity index (χ2v) is 9.17. The second kappa shape index (κ2) is 8.89. The number of thiazole rings is 1. The maximum absolute atomic E-state index is 12.2. The Morgan fingerprint density at radius 1 is 1.14 bits per heavy atom. The molecule has 5 nitrogen and oxygen atoms in total. The van der Waals surface area contributed by atoms with Crippen LogP contribution in [-0.4, -0.2) is 20.3 Å². The van der Waals surface area contributed by atoms with Gasteiger partial charge in [-0.3, -0.25) is 4.79 Å². The monoisotopic (exact) mass is 472 g/mol. The molecule has 0 fully saturated rings. The van der Waals surface area contributed by atoms with Crippen LogP contribution in [0.15, 0.2) is 69.1 Å². The highest BCUT2D eigenvalue weighted by Crippen LogP contribution is 2.27. The Balaban J connectivity index is 1.27. The Bertz CT molecular complexity index is 1060. The number of imidazole rings is 1. The number of pyridine rings is 1. The number of fused-ring (bicyclic) bond motifs is 1. The summed E-state index contributed by atoms with van der Waals surface area (Å²) in [5.41, 5.74) is 3.76. The van der Waals surface area contributed by atoms with Crippen LogP contribution in [0.5, 0.6) is 0 Å². The van der Waals surface area contributed by atoms with Gasteiger partial charge in [0.1, 0.15) is 9.99 Å². The van der Waals surface area contributed by atoms with E-state index in [9.17, 15) is 4.79 Å². The van der Waals surface area contributed by atoms with E-state index in [0.29, 0.717) is 6.54 Å². The average Bonchev–Trinajstić information content (AvgIpc) is 3.32. The van der Waals surface area contributed by atoms with Crippen molar-refractivity contribution in [2.45, 2.75) is 23.1 Å². The molecular weight excluding hydrogens is 456 g/mol. The molecule has 0 saturated carbocycles. The predicted octanol–water partition coefficient (Wildman–Crippen LogP) is 4.70. The summed E-state index contributed by atoms with van der Waals surface area (Å²) in [5.74, 6) is 0.812. The third-order valence-electron chi connectivity index (χ3n) is 4.03. The first-order valence-corrected chi connectivity index (χ1v) is 11.3. The Labute approximate surface area is 179 Å². The summed E-state index contributed by atoms with van der Waals surface area (Å²) in [7, 11) is 0. The molecule has 0 aliphatic carbocycles. The van der Waals surface area contributed by atoms with Gasteiger partial charge in [-0.1, -0.05) is 45.9 Å². The minimum Gasteiger partial charge on any atom is -0.350 e. The number of halogens is 1. The molecule has 0 bridgehead atoms. The number of amides is 1. The van der Waals surface area contributed by atoms with Gasteiger partial charge in [-0.2, -0.15) is 0 Å². The Hall–Kier alpha value is -2.16. The van der Waals surface area contributed by atoms with E-state index in [1.807, 2.05) is 52.5 Å². The van der Waals surface area contributed by atoms with Crippen LogP contribution in [0.3, 0.4) is 0 Å². The van der Waals surface area contributed by atoms with Gasteiger partial charge in [-0.25, -0.2) is 9.97 Å². The van der Waals surface area contributed by atoms with Crippen LogP contribution in [0.2, 0.25) is 0 Å². The first-order chi connectivity index (χ1) is 13.7. The lowest BCUT2D eigenvalue weighted by Crippen LogP contribution is -2.24. The summed E-state index contributed by atoms with van der Waals surface area (Å²) >= 11 is 6.71. The van der Waals surface area contributed by atoms with E-state index in [-0.39, 0.29) is 12.3 Å². The number of thioether (sulfide) groups is 1. The molecule has 3 heterocycles. The van der Waals surface area contributed by atoms with E-state index in [1.165, 1.54) is 5.56 Å². The molecule has 142 valence electrons. The van der Waals surface area contributed by atoms with Crippen LogP contribution < -0.4 is 5.32 Å². The first kappa shape index (κ1) is 19.2. The molecule has 0 spiro atoms. The van der Waals surface area contributed by atoms with Crippen molar-refractivity contribution in [2.75, 3.05) is 0 Å². The molecule has 0 aliphatic rings. The molecule has 28 heavy (non-hydrogen) atoms. The normalized spacial score (nSPS) is 11.0. The van der Waals surface area contributed by atoms with Crippen LogP contribution in [-0.2, 0) is 23.5 Å². The summed E-state index contributed by atoms with van der Waals surface area (Å²) in [6.07, 6.45) is 4.15. The van der Waals surface area contributed by atoms with Crippen molar-refractivity contribution in [2.24, 2.45) is 0 Å². The van der Waals surface area contributed by atoms with Gasteiger partial charge >= 0.3 is 0 Å². The van der Waals surface area contributed by atoms with Crippen LogP contribution >= 0.6 is 39.0 Å². The third kappa shape index (κ3) is 5.01. The molecule has 0 aliphatic heterocycles. The molecule has 0 saturated heterocycles. The van der Waals surface area contributed by atoms with Gasteiger partial charge in [0.05, 0.1) is 24.4 Å². The lowest BCUT2D eigenvalue weighted by molar-refractivity contribution is -0.120. The van der Waals surface area contributed by atoms with Gasteiger partial charge < -0.3 is 9.72 Å². The summed E-state index contributed by atoms with van der Waals surface area (Å²) < 4.78 is 4.00. The zero-order chi connectivity index (χ0) is 19.3. The van der Waals surface area contributed by atoms with Crippen LogP contribution in [0.1, 0.15) is 17.0 Å². The lowest BCUT2D eigenvalue weighted by Gasteiger charge is -2.01. The molecule has 4 aromatic rings. The first-order valence-electron chi connectivity index (χ1n) is 8.67. The van der Waals surface area contributed by atoms with Crippen molar-refractivity contribution >= 4 is 50.6 Å². The van der Waals surface area contributed by atoms with Crippen molar-refractivity contribution < 1.29 is 4.79 Å². The molecule has 1 aromatic carbocycles. The highest BCUT2D eigenvalue weighted by Gasteiger charge is 2.09. The van der Waals surface area contributed by atoms with E-state index < -0.39 is 0 Å². The molecular formula is C20H17BrN4OS2. The number of aromatic nitrogens is 3. The number of carbonyl (C=O) groups is 1. The van der Waals surface area contributed by atoms with Crippen LogP contribution in [0, 0.1) is 0 Å². The zero-order valence-corrected chi connectivity index (χ0v) is 18.1. The lowest BCUT2D eigenvalue weighted by atomic mass is 10.2. The smallest absolute Gasteiger partial charge is 0.226 e. The predicted molar refractivity (Wildman–Crippen MR) is 117 cm³/mol. The Morgan fingerprint density at radius 2 is 2.00 bits per heavy atom. The number of hydrogen-bond acceptors (Lipinski definition) is 5.